The highest BCUT2D eigenvalue weighted by atomic mass is 127. The maximum atomic E-state index is 11.1. The molecule has 7 nitrogen and oxygen atoms in total. The van der Waals surface area contributed by atoms with Crippen LogP contribution >= 0.6 is 24.0 Å². The van der Waals surface area contributed by atoms with Crippen molar-refractivity contribution in [2.75, 3.05) is 58.9 Å². The summed E-state index contributed by atoms with van der Waals surface area (Å²) in [6.45, 7) is 6.38. The number of ether oxygens (including phenoxy) is 2. The van der Waals surface area contributed by atoms with Crippen molar-refractivity contribution >= 4 is 41.5 Å². The van der Waals surface area contributed by atoms with Gasteiger partial charge in [-0.2, -0.15) is 0 Å². The summed E-state index contributed by atoms with van der Waals surface area (Å²) in [5.74, 6) is 1.44. The summed E-state index contributed by atoms with van der Waals surface area (Å²) < 4.78 is 10.7. The van der Waals surface area contributed by atoms with Gasteiger partial charge in [0.2, 0.25) is 5.91 Å². The first kappa shape index (κ1) is 24.6. The quantitative estimate of drug-likeness (QED) is 0.234. The van der Waals surface area contributed by atoms with Crippen molar-refractivity contribution in [1.82, 2.24) is 10.2 Å². The molecule has 1 aliphatic heterocycles. The number of nitrogens with zero attached hydrogens (tertiary/aromatic N) is 2. The van der Waals surface area contributed by atoms with Crippen LogP contribution in [0, 0.1) is 5.92 Å². The number of methoxy groups -OCH3 is 1. The van der Waals surface area contributed by atoms with E-state index < -0.39 is 0 Å². The van der Waals surface area contributed by atoms with Crippen LogP contribution in [0.2, 0.25) is 0 Å². The summed E-state index contributed by atoms with van der Waals surface area (Å²) in [5, 5.41) is 6.23. The molecule has 1 aliphatic rings. The van der Waals surface area contributed by atoms with Gasteiger partial charge in [0, 0.05) is 52.3 Å². The Morgan fingerprint density at radius 2 is 2.04 bits per heavy atom. The predicted molar refractivity (Wildman–Crippen MR) is 124 cm³/mol. The Kier molecular flexibility index (Phi) is 12.1. The van der Waals surface area contributed by atoms with Gasteiger partial charge in [0.25, 0.3) is 0 Å². The summed E-state index contributed by atoms with van der Waals surface area (Å²) in [6, 6.07) is 7.94. The Morgan fingerprint density at radius 3 is 2.68 bits per heavy atom. The molecule has 1 aromatic carbocycles. The van der Waals surface area contributed by atoms with Crippen molar-refractivity contribution in [3.8, 4) is 0 Å². The van der Waals surface area contributed by atoms with Crippen molar-refractivity contribution in [3.63, 3.8) is 0 Å². The molecule has 2 N–H and O–H groups in total. The van der Waals surface area contributed by atoms with Gasteiger partial charge in [0.1, 0.15) is 0 Å². The summed E-state index contributed by atoms with van der Waals surface area (Å²) in [5.41, 5.74) is 2.05. The normalized spacial score (nSPS) is 16.6. The zero-order valence-electron chi connectivity index (χ0n) is 17.1. The summed E-state index contributed by atoms with van der Waals surface area (Å²) in [4.78, 5) is 17.8. The molecule has 8 heteroatoms. The topological polar surface area (TPSA) is 75.2 Å². The van der Waals surface area contributed by atoms with Gasteiger partial charge in [-0.25, -0.2) is 0 Å². The van der Waals surface area contributed by atoms with E-state index in [9.17, 15) is 4.79 Å². The average Bonchev–Trinajstić information content (AvgIpc) is 3.12. The molecule has 158 valence electrons. The minimum atomic E-state index is -0.0544. The van der Waals surface area contributed by atoms with E-state index >= 15 is 0 Å². The highest BCUT2D eigenvalue weighted by Gasteiger charge is 2.24. The molecule has 0 saturated carbocycles. The molecular formula is C20H33IN4O3. The third-order valence-corrected chi connectivity index (χ3v) is 4.55. The number of halogens is 1. The molecule has 1 aromatic rings. The second-order valence-corrected chi connectivity index (χ2v) is 6.77. The Hall–Kier alpha value is -1.39. The van der Waals surface area contributed by atoms with E-state index in [1.807, 2.05) is 31.3 Å². The molecule has 0 bridgehead atoms. The molecule has 1 amide bonds. The second-order valence-electron chi connectivity index (χ2n) is 6.77. The number of likely N-dealkylation sites (tertiary alicyclic amines) is 1. The number of amides is 1. The molecule has 0 aromatic heterocycles. The van der Waals surface area contributed by atoms with Gasteiger partial charge in [-0.3, -0.25) is 9.79 Å². The first-order valence-electron chi connectivity index (χ1n) is 9.51. The minimum Gasteiger partial charge on any atom is -0.382 e. The molecule has 1 heterocycles. The number of nitrogens with one attached hydrogen (secondary N) is 2. The number of anilines is 1. The lowest BCUT2D eigenvalue weighted by atomic mass is 10.1. The number of hydrogen-bond acceptors (Lipinski definition) is 4. The molecule has 0 aliphatic carbocycles. The van der Waals surface area contributed by atoms with E-state index in [1.54, 1.807) is 7.11 Å². The van der Waals surface area contributed by atoms with E-state index in [4.69, 9.17) is 9.47 Å². The fourth-order valence-electron chi connectivity index (χ4n) is 3.16. The molecule has 0 spiro atoms. The first-order chi connectivity index (χ1) is 13.1. The highest BCUT2D eigenvalue weighted by molar-refractivity contribution is 14.0. The van der Waals surface area contributed by atoms with Crippen LogP contribution < -0.4 is 10.6 Å². The van der Waals surface area contributed by atoms with E-state index in [1.165, 1.54) is 12.5 Å². The Balaban J connectivity index is 0.00000392. The number of guanidine groups is 1. The van der Waals surface area contributed by atoms with Gasteiger partial charge in [0.15, 0.2) is 5.96 Å². The van der Waals surface area contributed by atoms with Crippen molar-refractivity contribution in [2.24, 2.45) is 10.9 Å². The molecular weight excluding hydrogens is 471 g/mol. The lowest BCUT2D eigenvalue weighted by Gasteiger charge is -2.21. The first-order valence-corrected chi connectivity index (χ1v) is 9.51. The highest BCUT2D eigenvalue weighted by Crippen LogP contribution is 2.16. The smallest absolute Gasteiger partial charge is 0.221 e. The largest absolute Gasteiger partial charge is 0.382 e. The van der Waals surface area contributed by atoms with Gasteiger partial charge in [0.05, 0.1) is 19.8 Å². The number of benzene rings is 1. The third kappa shape index (κ3) is 8.74. The van der Waals surface area contributed by atoms with E-state index in [0.717, 1.165) is 50.7 Å². The van der Waals surface area contributed by atoms with Crippen LogP contribution in [0.25, 0.3) is 0 Å². The SMILES string of the molecule is CN=C(NCCc1ccc(NC(C)=O)cc1)N1CCC(COCCOC)C1.I. The molecule has 2 rings (SSSR count). The number of carbonyl (C=O) groups excluding carboxylic acids is 1. The van der Waals surface area contributed by atoms with Crippen molar-refractivity contribution < 1.29 is 14.3 Å². The van der Waals surface area contributed by atoms with Crippen LogP contribution in [0.1, 0.15) is 18.9 Å². The van der Waals surface area contributed by atoms with Crippen LogP contribution in [-0.2, 0) is 20.7 Å². The summed E-state index contributed by atoms with van der Waals surface area (Å²) >= 11 is 0. The lowest BCUT2D eigenvalue weighted by Crippen LogP contribution is -2.41. The van der Waals surface area contributed by atoms with Crippen LogP contribution in [-0.4, -0.2) is 70.4 Å². The predicted octanol–water partition coefficient (Wildman–Crippen LogP) is 2.37. The van der Waals surface area contributed by atoms with Crippen LogP contribution in [0.15, 0.2) is 29.3 Å². The zero-order valence-corrected chi connectivity index (χ0v) is 19.4. The number of rotatable bonds is 9. The molecule has 0 radical (unpaired) electrons. The second kappa shape index (κ2) is 13.7. The molecule has 1 unspecified atom stereocenters. The fraction of sp³-hybridized carbons (Fsp3) is 0.600. The average molecular weight is 504 g/mol. The van der Waals surface area contributed by atoms with Crippen LogP contribution in [0.5, 0.6) is 0 Å². The van der Waals surface area contributed by atoms with Crippen molar-refractivity contribution in [2.45, 2.75) is 19.8 Å². The van der Waals surface area contributed by atoms with Gasteiger partial charge >= 0.3 is 0 Å². The van der Waals surface area contributed by atoms with Gasteiger partial charge in [-0.05, 0) is 30.5 Å². The summed E-state index contributed by atoms with van der Waals surface area (Å²) in [7, 11) is 3.51. The van der Waals surface area contributed by atoms with Crippen LogP contribution in [0.3, 0.4) is 0 Å². The minimum absolute atomic E-state index is 0. The fourth-order valence-corrected chi connectivity index (χ4v) is 3.16. The van der Waals surface area contributed by atoms with Crippen molar-refractivity contribution in [3.05, 3.63) is 29.8 Å². The Morgan fingerprint density at radius 1 is 1.29 bits per heavy atom. The van der Waals surface area contributed by atoms with Gasteiger partial charge in [-0.15, -0.1) is 24.0 Å². The number of hydrogen-bond donors (Lipinski definition) is 2. The van der Waals surface area contributed by atoms with E-state index in [0.29, 0.717) is 19.1 Å². The van der Waals surface area contributed by atoms with E-state index in [2.05, 4.69) is 20.5 Å². The molecule has 1 atom stereocenters. The monoisotopic (exact) mass is 504 g/mol. The Bertz CT molecular complexity index is 610. The maximum Gasteiger partial charge on any atom is 0.221 e. The summed E-state index contributed by atoms with van der Waals surface area (Å²) in [6.07, 6.45) is 2.02. The number of carbonyl (C=O) groups is 1. The van der Waals surface area contributed by atoms with Crippen molar-refractivity contribution in [1.29, 1.82) is 0 Å². The lowest BCUT2D eigenvalue weighted by molar-refractivity contribution is -0.114. The molecule has 1 fully saturated rings. The zero-order chi connectivity index (χ0) is 19.5. The standard InChI is InChI=1S/C20H32N4O3.HI/c1-16(25)23-19-6-4-17(5-7-19)8-10-22-20(21-2)24-11-9-18(14-24)15-27-13-12-26-3;/h4-7,18H,8-15H2,1-3H3,(H,21,22)(H,23,25);1H. The van der Waals surface area contributed by atoms with Crippen LogP contribution in [0.4, 0.5) is 5.69 Å². The molecule has 28 heavy (non-hydrogen) atoms. The van der Waals surface area contributed by atoms with Gasteiger partial charge in [-0.1, -0.05) is 12.1 Å². The third-order valence-electron chi connectivity index (χ3n) is 4.55. The Labute approximate surface area is 185 Å². The van der Waals surface area contributed by atoms with Gasteiger partial charge < -0.3 is 25.0 Å². The van der Waals surface area contributed by atoms with E-state index in [-0.39, 0.29) is 29.9 Å². The number of aliphatic imine (C=N–C) groups is 1. The molecule has 1 saturated heterocycles. The maximum absolute atomic E-state index is 11.1.